The summed E-state index contributed by atoms with van der Waals surface area (Å²) in [6, 6.07) is 0. The van der Waals surface area contributed by atoms with E-state index in [1.807, 2.05) is 0 Å². The van der Waals surface area contributed by atoms with Gasteiger partial charge in [-0.1, -0.05) is 0 Å². The van der Waals surface area contributed by atoms with Crippen LogP contribution in [0.25, 0.3) is 0 Å². The molecule has 0 amide bonds. The predicted molar refractivity (Wildman–Crippen MR) is 49.3 cm³/mol. The second-order valence-electron chi connectivity index (χ2n) is 2.41. The molecule has 0 N–H and O–H groups in total. The molecule has 6 heteroatoms. The first-order chi connectivity index (χ1) is 6.67. The molecule has 0 saturated carbocycles. The number of carbonyl (C=O) groups is 1. The lowest BCUT2D eigenvalue weighted by Gasteiger charge is -2.05. The van der Waals surface area contributed by atoms with Crippen molar-refractivity contribution < 1.29 is 14.3 Å². The number of hydrogen-bond donors (Lipinski definition) is 0. The van der Waals surface area contributed by atoms with Crippen molar-refractivity contribution in [2.24, 2.45) is 0 Å². The van der Waals surface area contributed by atoms with Crippen LogP contribution in [-0.2, 0) is 16.0 Å². The molecule has 0 aliphatic carbocycles. The molecule has 0 aliphatic rings. The maximum Gasteiger partial charge on any atom is 0.311 e. The zero-order valence-electron chi connectivity index (χ0n) is 7.78. The standard InChI is InChI=1S/C8H9ClN2O3/c1-13-6-4-10-8(9)11-5(6)3-7(12)14-2/h4H,3H2,1-2H3. The molecule has 1 aromatic heterocycles. The van der Waals surface area contributed by atoms with E-state index in [2.05, 4.69) is 14.7 Å². The van der Waals surface area contributed by atoms with Crippen molar-refractivity contribution in [1.82, 2.24) is 9.97 Å². The molecular weight excluding hydrogens is 208 g/mol. The average Bonchev–Trinajstić information content (AvgIpc) is 2.18. The lowest BCUT2D eigenvalue weighted by atomic mass is 10.3. The molecule has 0 fully saturated rings. The third-order valence-electron chi connectivity index (χ3n) is 1.56. The maximum absolute atomic E-state index is 11.0. The molecule has 0 bridgehead atoms. The number of esters is 1. The highest BCUT2D eigenvalue weighted by molar-refractivity contribution is 6.28. The van der Waals surface area contributed by atoms with Crippen molar-refractivity contribution in [2.45, 2.75) is 6.42 Å². The minimum atomic E-state index is -0.405. The van der Waals surface area contributed by atoms with Crippen LogP contribution in [-0.4, -0.2) is 30.2 Å². The Morgan fingerprint density at radius 1 is 1.57 bits per heavy atom. The minimum Gasteiger partial charge on any atom is -0.493 e. The van der Waals surface area contributed by atoms with Gasteiger partial charge in [0.15, 0.2) is 5.75 Å². The largest absolute Gasteiger partial charge is 0.493 e. The van der Waals surface area contributed by atoms with E-state index >= 15 is 0 Å². The van der Waals surface area contributed by atoms with Crippen molar-refractivity contribution >= 4 is 17.6 Å². The van der Waals surface area contributed by atoms with Gasteiger partial charge in [-0.15, -0.1) is 0 Å². The average molecular weight is 217 g/mol. The number of methoxy groups -OCH3 is 2. The summed E-state index contributed by atoms with van der Waals surface area (Å²) < 4.78 is 9.45. The Morgan fingerprint density at radius 3 is 2.86 bits per heavy atom. The summed E-state index contributed by atoms with van der Waals surface area (Å²) in [5, 5.41) is 0.0738. The van der Waals surface area contributed by atoms with Gasteiger partial charge in [0.2, 0.25) is 5.28 Å². The molecule has 0 aliphatic heterocycles. The van der Waals surface area contributed by atoms with E-state index in [9.17, 15) is 4.79 Å². The Labute approximate surface area is 86.0 Å². The second kappa shape index (κ2) is 4.76. The Balaban J connectivity index is 2.93. The van der Waals surface area contributed by atoms with Crippen molar-refractivity contribution in [3.05, 3.63) is 17.2 Å². The monoisotopic (exact) mass is 216 g/mol. The quantitative estimate of drug-likeness (QED) is 0.554. The van der Waals surface area contributed by atoms with Crippen molar-refractivity contribution in [2.75, 3.05) is 14.2 Å². The van der Waals surface area contributed by atoms with Gasteiger partial charge in [0.25, 0.3) is 0 Å². The fraction of sp³-hybridized carbons (Fsp3) is 0.375. The van der Waals surface area contributed by atoms with E-state index in [-0.39, 0.29) is 11.7 Å². The highest BCUT2D eigenvalue weighted by Crippen LogP contribution is 2.16. The number of halogens is 1. The molecule has 1 aromatic rings. The van der Waals surface area contributed by atoms with Gasteiger partial charge in [-0.05, 0) is 11.6 Å². The van der Waals surface area contributed by atoms with Crippen LogP contribution in [0.2, 0.25) is 5.28 Å². The van der Waals surface area contributed by atoms with Crippen LogP contribution in [0.15, 0.2) is 6.20 Å². The second-order valence-corrected chi connectivity index (χ2v) is 2.75. The van der Waals surface area contributed by atoms with Gasteiger partial charge in [-0.2, -0.15) is 0 Å². The van der Waals surface area contributed by atoms with Gasteiger partial charge < -0.3 is 9.47 Å². The van der Waals surface area contributed by atoms with Gasteiger partial charge in [0, 0.05) is 0 Å². The molecule has 0 saturated heterocycles. The van der Waals surface area contributed by atoms with Crippen LogP contribution in [0, 0.1) is 0 Å². The number of aromatic nitrogens is 2. The number of carbonyl (C=O) groups excluding carboxylic acids is 1. The molecule has 0 atom stereocenters. The molecule has 0 spiro atoms. The van der Waals surface area contributed by atoms with Crippen LogP contribution in [0.3, 0.4) is 0 Å². The first-order valence-electron chi connectivity index (χ1n) is 3.79. The summed E-state index contributed by atoms with van der Waals surface area (Å²) in [7, 11) is 2.77. The molecule has 14 heavy (non-hydrogen) atoms. The number of ether oxygens (including phenoxy) is 2. The number of nitrogens with zero attached hydrogens (tertiary/aromatic N) is 2. The zero-order valence-corrected chi connectivity index (χ0v) is 8.54. The smallest absolute Gasteiger partial charge is 0.311 e. The van der Waals surface area contributed by atoms with Gasteiger partial charge >= 0.3 is 5.97 Å². The van der Waals surface area contributed by atoms with E-state index in [0.29, 0.717) is 11.4 Å². The molecule has 0 aromatic carbocycles. The highest BCUT2D eigenvalue weighted by Gasteiger charge is 2.11. The first-order valence-corrected chi connectivity index (χ1v) is 4.17. The van der Waals surface area contributed by atoms with Gasteiger partial charge in [0.05, 0.1) is 32.5 Å². The van der Waals surface area contributed by atoms with Crippen molar-refractivity contribution in [3.8, 4) is 5.75 Å². The normalized spacial score (nSPS) is 9.64. The molecule has 0 unspecified atom stereocenters. The Bertz CT molecular complexity index is 343. The number of rotatable bonds is 3. The number of hydrogen-bond acceptors (Lipinski definition) is 5. The van der Waals surface area contributed by atoms with E-state index in [1.54, 1.807) is 0 Å². The van der Waals surface area contributed by atoms with E-state index in [4.69, 9.17) is 16.3 Å². The SMILES string of the molecule is COC(=O)Cc1nc(Cl)ncc1OC. The zero-order chi connectivity index (χ0) is 10.6. The summed E-state index contributed by atoms with van der Waals surface area (Å²) in [6.07, 6.45) is 1.43. The lowest BCUT2D eigenvalue weighted by molar-refractivity contribution is -0.139. The maximum atomic E-state index is 11.0. The molecule has 0 radical (unpaired) electrons. The minimum absolute atomic E-state index is 0.0158. The summed E-state index contributed by atoms with van der Waals surface area (Å²) in [5.41, 5.74) is 0.416. The molecular formula is C8H9ClN2O3. The Hall–Kier alpha value is -1.36. The van der Waals surface area contributed by atoms with Crippen molar-refractivity contribution in [3.63, 3.8) is 0 Å². The third-order valence-corrected chi connectivity index (χ3v) is 1.74. The molecule has 1 rings (SSSR count). The van der Waals surface area contributed by atoms with E-state index in [1.165, 1.54) is 20.4 Å². The van der Waals surface area contributed by atoms with Gasteiger partial charge in [-0.3, -0.25) is 4.79 Å². The molecule has 1 heterocycles. The fourth-order valence-electron chi connectivity index (χ4n) is 0.888. The van der Waals surface area contributed by atoms with Crippen LogP contribution < -0.4 is 4.74 Å². The fourth-order valence-corrected chi connectivity index (χ4v) is 1.04. The van der Waals surface area contributed by atoms with Crippen LogP contribution in [0.5, 0.6) is 5.75 Å². The van der Waals surface area contributed by atoms with Crippen LogP contribution >= 0.6 is 11.6 Å². The van der Waals surface area contributed by atoms with Crippen molar-refractivity contribution in [1.29, 1.82) is 0 Å². The van der Waals surface area contributed by atoms with Gasteiger partial charge in [-0.25, -0.2) is 9.97 Å². The lowest BCUT2D eigenvalue weighted by Crippen LogP contribution is -2.08. The van der Waals surface area contributed by atoms with E-state index < -0.39 is 5.97 Å². The summed E-state index contributed by atoms with van der Waals surface area (Å²) in [5.74, 6) is 0.0119. The summed E-state index contributed by atoms with van der Waals surface area (Å²) in [4.78, 5) is 18.6. The summed E-state index contributed by atoms with van der Waals surface area (Å²) in [6.45, 7) is 0. The first kappa shape index (κ1) is 10.7. The third kappa shape index (κ3) is 2.56. The van der Waals surface area contributed by atoms with Crippen LogP contribution in [0.1, 0.15) is 5.69 Å². The van der Waals surface area contributed by atoms with E-state index in [0.717, 1.165) is 0 Å². The van der Waals surface area contributed by atoms with Gasteiger partial charge in [0.1, 0.15) is 0 Å². The van der Waals surface area contributed by atoms with Crippen LogP contribution in [0.4, 0.5) is 0 Å². The molecule has 76 valence electrons. The summed E-state index contributed by atoms with van der Waals surface area (Å²) >= 11 is 5.57. The highest BCUT2D eigenvalue weighted by atomic mass is 35.5. The Kier molecular flexibility index (Phi) is 3.64. The Morgan fingerprint density at radius 2 is 2.29 bits per heavy atom. The molecule has 5 nitrogen and oxygen atoms in total. The topological polar surface area (TPSA) is 61.3 Å². The predicted octanol–water partition coefficient (Wildman–Crippen LogP) is 0.854.